The van der Waals surface area contributed by atoms with Gasteiger partial charge in [-0.3, -0.25) is 0 Å². The minimum absolute atomic E-state index is 0.634. The number of carboxylic acids is 1. The number of benzene rings is 2. The van der Waals surface area contributed by atoms with Gasteiger partial charge in [-0.1, -0.05) is 24.3 Å². The highest BCUT2D eigenvalue weighted by molar-refractivity contribution is 5.85. The van der Waals surface area contributed by atoms with Gasteiger partial charge in [-0.15, -0.1) is 0 Å². The summed E-state index contributed by atoms with van der Waals surface area (Å²) in [4.78, 5) is 10.6. The standard InChI is InChI=1S/C17H16O3/c1-12-9-13(2)11-15(10-12)20-16-6-4-3-5-14(16)7-8-17(18)19/h3-11H,1-2H3,(H,18,19)/b8-7+. The second-order valence-electron chi connectivity index (χ2n) is 4.63. The van der Waals surface area contributed by atoms with E-state index in [2.05, 4.69) is 6.07 Å². The van der Waals surface area contributed by atoms with E-state index in [0.29, 0.717) is 5.75 Å². The van der Waals surface area contributed by atoms with Crippen molar-refractivity contribution in [3.63, 3.8) is 0 Å². The molecular weight excluding hydrogens is 252 g/mol. The Hall–Kier alpha value is -2.55. The number of hydrogen-bond donors (Lipinski definition) is 1. The second kappa shape index (κ2) is 6.06. The highest BCUT2D eigenvalue weighted by atomic mass is 16.5. The van der Waals surface area contributed by atoms with E-state index in [9.17, 15) is 4.79 Å². The molecule has 0 fully saturated rings. The molecule has 0 unspecified atom stereocenters. The Kier molecular flexibility index (Phi) is 4.20. The number of aryl methyl sites for hydroxylation is 2. The molecule has 102 valence electrons. The first kappa shape index (κ1) is 13.9. The number of hydrogen-bond acceptors (Lipinski definition) is 2. The van der Waals surface area contributed by atoms with Crippen LogP contribution >= 0.6 is 0 Å². The summed E-state index contributed by atoms with van der Waals surface area (Å²) < 4.78 is 5.86. The molecule has 0 saturated carbocycles. The fraction of sp³-hybridized carbons (Fsp3) is 0.118. The number of para-hydroxylation sites is 1. The van der Waals surface area contributed by atoms with E-state index < -0.39 is 5.97 Å². The summed E-state index contributed by atoms with van der Waals surface area (Å²) in [6.07, 6.45) is 2.63. The van der Waals surface area contributed by atoms with Crippen LogP contribution in [0.2, 0.25) is 0 Å². The number of carbonyl (C=O) groups is 1. The molecule has 0 radical (unpaired) electrons. The summed E-state index contributed by atoms with van der Waals surface area (Å²) >= 11 is 0. The third-order valence-corrected chi connectivity index (χ3v) is 2.75. The van der Waals surface area contributed by atoms with Gasteiger partial charge in [0.25, 0.3) is 0 Å². The lowest BCUT2D eigenvalue weighted by atomic mass is 10.1. The maximum absolute atomic E-state index is 10.6. The second-order valence-corrected chi connectivity index (χ2v) is 4.63. The van der Waals surface area contributed by atoms with Crippen molar-refractivity contribution in [3.8, 4) is 11.5 Å². The lowest BCUT2D eigenvalue weighted by Crippen LogP contribution is -1.90. The molecule has 0 spiro atoms. The average molecular weight is 268 g/mol. The van der Waals surface area contributed by atoms with Crippen molar-refractivity contribution in [1.29, 1.82) is 0 Å². The average Bonchev–Trinajstić information content (AvgIpc) is 2.36. The molecule has 0 heterocycles. The van der Waals surface area contributed by atoms with Gasteiger partial charge in [0.15, 0.2) is 0 Å². The van der Waals surface area contributed by atoms with Gasteiger partial charge in [0, 0.05) is 11.6 Å². The van der Waals surface area contributed by atoms with Crippen LogP contribution in [0.3, 0.4) is 0 Å². The van der Waals surface area contributed by atoms with Crippen molar-refractivity contribution < 1.29 is 14.6 Å². The van der Waals surface area contributed by atoms with E-state index in [-0.39, 0.29) is 0 Å². The summed E-state index contributed by atoms with van der Waals surface area (Å²) in [5.41, 5.74) is 2.98. The molecule has 0 saturated heterocycles. The van der Waals surface area contributed by atoms with Gasteiger partial charge in [0.2, 0.25) is 0 Å². The van der Waals surface area contributed by atoms with Crippen molar-refractivity contribution >= 4 is 12.0 Å². The molecule has 0 aromatic heterocycles. The van der Waals surface area contributed by atoms with Crippen molar-refractivity contribution in [2.45, 2.75) is 13.8 Å². The van der Waals surface area contributed by atoms with Gasteiger partial charge in [0.1, 0.15) is 11.5 Å². The summed E-state index contributed by atoms with van der Waals surface area (Å²) in [6.45, 7) is 4.02. The first-order valence-corrected chi connectivity index (χ1v) is 6.31. The normalized spacial score (nSPS) is 10.7. The molecule has 3 nitrogen and oxygen atoms in total. The van der Waals surface area contributed by atoms with E-state index in [0.717, 1.165) is 28.5 Å². The zero-order valence-corrected chi connectivity index (χ0v) is 11.5. The SMILES string of the molecule is Cc1cc(C)cc(Oc2ccccc2/C=C/C(=O)O)c1. The number of rotatable bonds is 4. The van der Waals surface area contributed by atoms with Crippen LogP contribution in [0.25, 0.3) is 6.08 Å². The maximum Gasteiger partial charge on any atom is 0.328 e. The molecule has 0 aliphatic heterocycles. The van der Waals surface area contributed by atoms with Crippen molar-refractivity contribution in [3.05, 3.63) is 65.2 Å². The van der Waals surface area contributed by atoms with Crippen LogP contribution in [0.4, 0.5) is 0 Å². The lowest BCUT2D eigenvalue weighted by Gasteiger charge is -2.10. The summed E-state index contributed by atoms with van der Waals surface area (Å²) in [7, 11) is 0. The maximum atomic E-state index is 10.6. The summed E-state index contributed by atoms with van der Waals surface area (Å²) in [5, 5.41) is 8.70. The molecular formula is C17H16O3. The first-order chi connectivity index (χ1) is 9.54. The van der Waals surface area contributed by atoms with Crippen LogP contribution in [0.5, 0.6) is 11.5 Å². The van der Waals surface area contributed by atoms with Gasteiger partial charge >= 0.3 is 5.97 Å². The van der Waals surface area contributed by atoms with Crippen LogP contribution in [-0.4, -0.2) is 11.1 Å². The molecule has 2 rings (SSSR count). The van der Waals surface area contributed by atoms with Crippen LogP contribution in [-0.2, 0) is 4.79 Å². The zero-order chi connectivity index (χ0) is 14.5. The fourth-order valence-electron chi connectivity index (χ4n) is 1.99. The highest BCUT2D eigenvalue weighted by Gasteiger charge is 2.03. The minimum Gasteiger partial charge on any atom is -0.478 e. The predicted octanol–water partition coefficient (Wildman–Crippen LogP) is 4.19. The van der Waals surface area contributed by atoms with E-state index in [1.807, 2.05) is 50.2 Å². The quantitative estimate of drug-likeness (QED) is 0.845. The molecule has 0 atom stereocenters. The molecule has 0 aliphatic rings. The Morgan fingerprint density at radius 2 is 1.75 bits per heavy atom. The highest BCUT2D eigenvalue weighted by Crippen LogP contribution is 2.27. The smallest absolute Gasteiger partial charge is 0.328 e. The molecule has 20 heavy (non-hydrogen) atoms. The first-order valence-electron chi connectivity index (χ1n) is 6.31. The Bertz CT molecular complexity index is 637. The molecule has 1 N–H and O–H groups in total. The summed E-state index contributed by atoms with van der Waals surface area (Å²) in [5.74, 6) is 0.403. The predicted molar refractivity (Wildman–Crippen MR) is 79.1 cm³/mol. The molecule has 0 amide bonds. The van der Waals surface area contributed by atoms with Gasteiger partial charge < -0.3 is 9.84 Å². The molecule has 0 aliphatic carbocycles. The van der Waals surface area contributed by atoms with E-state index >= 15 is 0 Å². The molecule has 0 bridgehead atoms. The number of aliphatic carboxylic acids is 1. The third-order valence-electron chi connectivity index (χ3n) is 2.75. The van der Waals surface area contributed by atoms with Crippen LogP contribution in [0.15, 0.2) is 48.5 Å². The monoisotopic (exact) mass is 268 g/mol. The fourth-order valence-corrected chi connectivity index (χ4v) is 1.99. The van der Waals surface area contributed by atoms with Gasteiger partial charge in [-0.25, -0.2) is 4.79 Å². The van der Waals surface area contributed by atoms with E-state index in [1.165, 1.54) is 6.08 Å². The van der Waals surface area contributed by atoms with Gasteiger partial charge in [-0.05, 0) is 49.2 Å². The molecule has 3 heteroatoms. The topological polar surface area (TPSA) is 46.5 Å². The zero-order valence-electron chi connectivity index (χ0n) is 11.5. The van der Waals surface area contributed by atoms with Crippen molar-refractivity contribution in [1.82, 2.24) is 0 Å². The minimum atomic E-state index is -0.980. The Labute approximate surface area is 118 Å². The van der Waals surface area contributed by atoms with Crippen LogP contribution in [0, 0.1) is 13.8 Å². The van der Waals surface area contributed by atoms with Crippen molar-refractivity contribution in [2.24, 2.45) is 0 Å². The Morgan fingerprint density at radius 1 is 1.10 bits per heavy atom. The third kappa shape index (κ3) is 3.72. The molecule has 2 aromatic rings. The number of carboxylic acid groups (broad SMARTS) is 1. The molecule has 2 aromatic carbocycles. The Balaban J connectivity index is 2.31. The summed E-state index contributed by atoms with van der Waals surface area (Å²) in [6, 6.07) is 13.3. The Morgan fingerprint density at radius 3 is 2.40 bits per heavy atom. The van der Waals surface area contributed by atoms with Crippen molar-refractivity contribution in [2.75, 3.05) is 0 Å². The van der Waals surface area contributed by atoms with Crippen LogP contribution < -0.4 is 4.74 Å². The number of ether oxygens (including phenoxy) is 1. The van der Waals surface area contributed by atoms with E-state index in [1.54, 1.807) is 0 Å². The van der Waals surface area contributed by atoms with E-state index in [4.69, 9.17) is 9.84 Å². The van der Waals surface area contributed by atoms with Crippen LogP contribution in [0.1, 0.15) is 16.7 Å². The largest absolute Gasteiger partial charge is 0.478 e. The van der Waals surface area contributed by atoms with Gasteiger partial charge in [-0.2, -0.15) is 0 Å². The van der Waals surface area contributed by atoms with Gasteiger partial charge in [0.05, 0.1) is 0 Å². The lowest BCUT2D eigenvalue weighted by molar-refractivity contribution is -0.131.